The molecular weight excluding hydrogens is 714 g/mol. The van der Waals surface area contributed by atoms with E-state index in [1.165, 1.54) is 14.7 Å². The Hall–Kier alpha value is -3.96. The second-order valence-corrected chi connectivity index (χ2v) is 13.4. The van der Waals surface area contributed by atoms with Crippen LogP contribution in [-0.4, -0.2) is 94.4 Å². The maximum Gasteiger partial charge on any atom is 0.323 e. The van der Waals surface area contributed by atoms with E-state index >= 15 is 0 Å². The number of carbonyl (C=O) groups is 4. The Kier molecular flexibility index (Phi) is 12.0. The predicted octanol–water partition coefficient (Wildman–Crippen LogP) is 6.16. The van der Waals surface area contributed by atoms with Gasteiger partial charge in [0.05, 0.1) is 20.1 Å². The number of aromatic nitrogens is 1. The van der Waals surface area contributed by atoms with Crippen molar-refractivity contribution in [3.63, 3.8) is 0 Å². The van der Waals surface area contributed by atoms with Crippen LogP contribution in [0, 0.1) is 0 Å². The lowest BCUT2D eigenvalue weighted by molar-refractivity contribution is -0.158. The summed E-state index contributed by atoms with van der Waals surface area (Å²) in [4.78, 5) is 60.6. The van der Waals surface area contributed by atoms with Crippen molar-refractivity contribution in [2.75, 3.05) is 39.8 Å². The lowest BCUT2D eigenvalue weighted by atomic mass is 10.0. The molecule has 0 aliphatic carbocycles. The lowest BCUT2D eigenvalue weighted by Gasteiger charge is -2.40. The Morgan fingerprint density at radius 1 is 0.898 bits per heavy atom. The summed E-state index contributed by atoms with van der Waals surface area (Å²) < 4.78 is 5.38. The van der Waals surface area contributed by atoms with E-state index in [1.54, 1.807) is 43.5 Å². The molecule has 1 unspecified atom stereocenters. The van der Waals surface area contributed by atoms with Crippen LogP contribution in [-0.2, 0) is 38.4 Å². The van der Waals surface area contributed by atoms with Gasteiger partial charge in [-0.15, -0.1) is 0 Å². The maximum atomic E-state index is 14.1. The Balaban J connectivity index is 1.37. The Morgan fingerprint density at radius 2 is 1.55 bits per heavy atom. The summed E-state index contributed by atoms with van der Waals surface area (Å²) in [6.45, 7) is -0.403. The molecule has 1 atom stereocenters. The fourth-order valence-corrected chi connectivity index (χ4v) is 6.96. The predicted molar refractivity (Wildman–Crippen MR) is 190 cm³/mol. The van der Waals surface area contributed by atoms with Crippen LogP contribution in [0.3, 0.4) is 0 Å². The van der Waals surface area contributed by atoms with Gasteiger partial charge in [-0.25, -0.2) is 0 Å². The number of nitrogens with zero attached hydrogens (tertiary/aromatic N) is 3. The normalized spacial score (nSPS) is 14.8. The molecule has 1 aromatic heterocycles. The first kappa shape index (κ1) is 36.3. The third kappa shape index (κ3) is 8.99. The second-order valence-electron chi connectivity index (χ2n) is 11.7. The third-order valence-electron chi connectivity index (χ3n) is 8.60. The zero-order chi connectivity index (χ0) is 35.2. The van der Waals surface area contributed by atoms with Crippen LogP contribution in [0.2, 0.25) is 20.1 Å². The summed E-state index contributed by atoms with van der Waals surface area (Å²) in [6.07, 6.45) is 2.46. The van der Waals surface area contributed by atoms with Crippen LogP contribution in [0.25, 0.3) is 10.9 Å². The summed E-state index contributed by atoms with van der Waals surface area (Å²) in [5.74, 6) is -1.85. The average Bonchev–Trinajstić information content (AvgIpc) is 3.46. The van der Waals surface area contributed by atoms with Crippen molar-refractivity contribution < 1.29 is 29.0 Å². The number of carbonyl (C=O) groups excluding carboxylic acids is 3. The van der Waals surface area contributed by atoms with E-state index in [2.05, 4.69) is 4.98 Å². The number of carboxylic acid groups (broad SMARTS) is 1. The van der Waals surface area contributed by atoms with Gasteiger partial charge in [0.2, 0.25) is 17.7 Å². The van der Waals surface area contributed by atoms with Gasteiger partial charge in [0.25, 0.3) is 0 Å². The zero-order valence-corrected chi connectivity index (χ0v) is 29.6. The summed E-state index contributed by atoms with van der Waals surface area (Å²) >= 11 is 24.7. The van der Waals surface area contributed by atoms with Crippen LogP contribution in [0.4, 0.5) is 0 Å². The number of piperazine rings is 1. The molecule has 0 bridgehead atoms. The van der Waals surface area contributed by atoms with E-state index in [-0.39, 0.29) is 38.5 Å². The minimum absolute atomic E-state index is 0.0251. The molecule has 3 amide bonds. The van der Waals surface area contributed by atoms with E-state index in [0.717, 1.165) is 22.0 Å². The lowest BCUT2D eigenvalue weighted by Crippen LogP contribution is -2.61. The number of nitrogens with one attached hydrogen (secondary N) is 1. The standard InChI is InChI=1S/C35H34Cl4N4O6/c1-49-26-6-7-30-27(16-26)23(18-40-30)10-13-43-31(35(48)42(19-33(43)45)12-9-22-3-5-25(37)15-29(22)39)17-32(44)41(20-34(46)47)11-8-21-2-4-24(36)14-28(21)38/h2-7,14-16,18,31,40H,8-13,17,19-20H2,1H3,(H,46,47). The molecule has 258 valence electrons. The van der Waals surface area contributed by atoms with Crippen molar-refractivity contribution in [1.82, 2.24) is 19.7 Å². The number of aliphatic carboxylic acids is 1. The smallest absolute Gasteiger partial charge is 0.323 e. The number of H-pyrrole nitrogens is 1. The van der Waals surface area contributed by atoms with Crippen molar-refractivity contribution in [3.8, 4) is 5.75 Å². The molecule has 0 radical (unpaired) electrons. The number of halogens is 4. The summed E-state index contributed by atoms with van der Waals surface area (Å²) in [6, 6.07) is 14.5. The van der Waals surface area contributed by atoms with Crippen molar-refractivity contribution in [1.29, 1.82) is 0 Å². The van der Waals surface area contributed by atoms with Gasteiger partial charge in [-0.05, 0) is 78.4 Å². The van der Waals surface area contributed by atoms with Crippen LogP contribution < -0.4 is 4.74 Å². The number of carboxylic acids is 1. The largest absolute Gasteiger partial charge is 0.497 e. The molecule has 0 saturated carbocycles. The number of hydrogen-bond donors (Lipinski definition) is 2. The van der Waals surface area contributed by atoms with Gasteiger partial charge < -0.3 is 29.5 Å². The van der Waals surface area contributed by atoms with Crippen molar-refractivity contribution in [2.45, 2.75) is 31.7 Å². The highest BCUT2D eigenvalue weighted by atomic mass is 35.5. The van der Waals surface area contributed by atoms with Gasteiger partial charge in [-0.2, -0.15) is 0 Å². The quantitative estimate of drug-likeness (QED) is 0.159. The highest BCUT2D eigenvalue weighted by molar-refractivity contribution is 6.35. The molecule has 1 aliphatic heterocycles. The highest BCUT2D eigenvalue weighted by Crippen LogP contribution is 2.27. The van der Waals surface area contributed by atoms with Crippen LogP contribution in [0.1, 0.15) is 23.1 Å². The minimum atomic E-state index is -1.21. The maximum absolute atomic E-state index is 14.1. The van der Waals surface area contributed by atoms with Gasteiger partial charge >= 0.3 is 5.97 Å². The monoisotopic (exact) mass is 746 g/mol. The van der Waals surface area contributed by atoms with Crippen molar-refractivity contribution in [2.24, 2.45) is 0 Å². The fraction of sp³-hybridized carbons (Fsp3) is 0.314. The van der Waals surface area contributed by atoms with Crippen LogP contribution >= 0.6 is 46.4 Å². The molecule has 2 N–H and O–H groups in total. The van der Waals surface area contributed by atoms with E-state index in [1.807, 2.05) is 24.4 Å². The number of fused-ring (bicyclic) bond motifs is 1. The van der Waals surface area contributed by atoms with E-state index in [0.29, 0.717) is 44.2 Å². The molecule has 14 heteroatoms. The molecule has 10 nitrogen and oxygen atoms in total. The molecule has 5 rings (SSSR count). The summed E-state index contributed by atoms with van der Waals surface area (Å²) in [7, 11) is 1.58. The number of ether oxygens (including phenoxy) is 1. The highest BCUT2D eigenvalue weighted by Gasteiger charge is 2.41. The second kappa shape index (κ2) is 16.2. The average molecular weight is 748 g/mol. The number of hydrogen-bond acceptors (Lipinski definition) is 5. The van der Waals surface area contributed by atoms with Crippen molar-refractivity contribution in [3.05, 3.63) is 97.6 Å². The van der Waals surface area contributed by atoms with E-state index in [9.17, 15) is 24.3 Å². The first-order valence-corrected chi connectivity index (χ1v) is 17.0. The van der Waals surface area contributed by atoms with Gasteiger partial charge in [0, 0.05) is 56.8 Å². The Bertz CT molecular complexity index is 1880. The molecule has 2 heterocycles. The molecular formula is C35H34Cl4N4O6. The number of aromatic amines is 1. The molecule has 1 fully saturated rings. The topological polar surface area (TPSA) is 123 Å². The number of rotatable bonds is 14. The third-order valence-corrected chi connectivity index (χ3v) is 9.77. The number of methoxy groups -OCH3 is 1. The fourth-order valence-electron chi connectivity index (χ4n) is 5.96. The minimum Gasteiger partial charge on any atom is -0.497 e. The van der Waals surface area contributed by atoms with Gasteiger partial charge in [0.15, 0.2) is 0 Å². The van der Waals surface area contributed by atoms with E-state index in [4.69, 9.17) is 51.1 Å². The molecule has 3 aromatic carbocycles. The summed E-state index contributed by atoms with van der Waals surface area (Å²) in [5, 5.41) is 12.3. The van der Waals surface area contributed by atoms with Crippen molar-refractivity contribution >= 4 is 81.0 Å². The van der Waals surface area contributed by atoms with E-state index < -0.39 is 36.8 Å². The molecule has 49 heavy (non-hydrogen) atoms. The van der Waals surface area contributed by atoms with Crippen LogP contribution in [0.5, 0.6) is 5.75 Å². The zero-order valence-electron chi connectivity index (χ0n) is 26.6. The number of benzene rings is 3. The van der Waals surface area contributed by atoms with Crippen LogP contribution in [0.15, 0.2) is 60.8 Å². The first-order valence-electron chi connectivity index (χ1n) is 15.5. The SMILES string of the molecule is COc1ccc2[nH]cc(CCN3C(=O)CN(CCc4ccc(Cl)cc4Cl)C(=O)C3CC(=O)N(CCc3ccc(Cl)cc3Cl)CC(=O)O)c2c1. The molecule has 1 aliphatic rings. The van der Waals surface area contributed by atoms with Gasteiger partial charge in [0.1, 0.15) is 18.3 Å². The van der Waals surface area contributed by atoms with Gasteiger partial charge in [-0.3, -0.25) is 19.2 Å². The Labute approximate surface area is 303 Å². The number of amides is 3. The molecule has 1 saturated heterocycles. The molecule has 4 aromatic rings. The first-order chi connectivity index (χ1) is 23.4. The Morgan fingerprint density at radius 3 is 2.18 bits per heavy atom. The van der Waals surface area contributed by atoms with Gasteiger partial charge in [-0.1, -0.05) is 58.5 Å². The molecule has 0 spiro atoms. The summed E-state index contributed by atoms with van der Waals surface area (Å²) in [5.41, 5.74) is 3.24.